The summed E-state index contributed by atoms with van der Waals surface area (Å²) in [4.78, 5) is 0. The van der Waals surface area contributed by atoms with Crippen LogP contribution in [0.5, 0.6) is 0 Å². The fraction of sp³-hybridized carbons (Fsp3) is 0.625. The topological polar surface area (TPSA) is 20.2 Å². The molecule has 1 saturated carbocycles. The predicted molar refractivity (Wildman–Crippen MR) is 71.8 cm³/mol. The third-order valence-electron chi connectivity index (χ3n) is 3.97. The molecule has 1 aromatic carbocycles. The van der Waals surface area contributed by atoms with E-state index >= 15 is 0 Å². The summed E-state index contributed by atoms with van der Waals surface area (Å²) in [6.45, 7) is 6.39. The minimum absolute atomic E-state index is 0.0585. The molecular formula is C16H22F2O. The van der Waals surface area contributed by atoms with E-state index in [0.717, 1.165) is 12.5 Å². The van der Waals surface area contributed by atoms with Crippen molar-refractivity contribution in [3.05, 3.63) is 35.4 Å². The summed E-state index contributed by atoms with van der Waals surface area (Å²) in [5.41, 5.74) is -0.434. The van der Waals surface area contributed by atoms with Gasteiger partial charge in [0.15, 0.2) is 0 Å². The van der Waals surface area contributed by atoms with Gasteiger partial charge in [-0.05, 0) is 42.2 Å². The summed E-state index contributed by atoms with van der Waals surface area (Å²) in [7, 11) is 0. The maximum atomic E-state index is 13.7. The second-order valence-electron chi connectivity index (χ2n) is 6.99. The molecule has 3 heteroatoms. The molecule has 1 aliphatic carbocycles. The molecule has 0 bridgehead atoms. The van der Waals surface area contributed by atoms with Crippen molar-refractivity contribution in [1.82, 2.24) is 0 Å². The van der Waals surface area contributed by atoms with Gasteiger partial charge in [0, 0.05) is 12.5 Å². The molecule has 0 spiro atoms. The van der Waals surface area contributed by atoms with E-state index in [-0.39, 0.29) is 11.8 Å². The van der Waals surface area contributed by atoms with Gasteiger partial charge in [0.1, 0.15) is 11.6 Å². The predicted octanol–water partition coefficient (Wildman–Crippen LogP) is 4.08. The molecule has 0 heterocycles. The monoisotopic (exact) mass is 268 g/mol. The molecule has 0 aromatic heterocycles. The fourth-order valence-electron chi connectivity index (χ4n) is 3.85. The van der Waals surface area contributed by atoms with Crippen LogP contribution in [0.4, 0.5) is 8.78 Å². The smallest absolute Gasteiger partial charge is 0.129 e. The second kappa shape index (κ2) is 4.86. The van der Waals surface area contributed by atoms with E-state index in [0.29, 0.717) is 24.3 Å². The van der Waals surface area contributed by atoms with Crippen LogP contribution >= 0.6 is 0 Å². The average molecular weight is 268 g/mol. The van der Waals surface area contributed by atoms with Gasteiger partial charge in [-0.1, -0.05) is 26.8 Å². The molecule has 19 heavy (non-hydrogen) atoms. The highest BCUT2D eigenvalue weighted by atomic mass is 19.1. The van der Waals surface area contributed by atoms with Crippen LogP contribution in [-0.4, -0.2) is 10.7 Å². The molecule has 1 nitrogen and oxygen atoms in total. The molecule has 1 aliphatic rings. The van der Waals surface area contributed by atoms with Gasteiger partial charge < -0.3 is 5.11 Å². The average Bonchev–Trinajstić information content (AvgIpc) is 2.18. The Morgan fingerprint density at radius 1 is 1.26 bits per heavy atom. The lowest BCUT2D eigenvalue weighted by Gasteiger charge is -2.44. The third-order valence-corrected chi connectivity index (χ3v) is 3.97. The number of halogens is 2. The van der Waals surface area contributed by atoms with Crippen LogP contribution in [0, 0.1) is 23.0 Å². The molecular weight excluding hydrogens is 246 g/mol. The molecule has 0 aliphatic heterocycles. The van der Waals surface area contributed by atoms with Gasteiger partial charge in [-0.25, -0.2) is 8.78 Å². The highest BCUT2D eigenvalue weighted by Gasteiger charge is 2.41. The van der Waals surface area contributed by atoms with Crippen LogP contribution in [0.3, 0.4) is 0 Å². The van der Waals surface area contributed by atoms with Gasteiger partial charge in [0.2, 0.25) is 0 Å². The number of aliphatic hydroxyl groups is 1. The number of rotatable bonds is 2. The summed E-state index contributed by atoms with van der Waals surface area (Å²) in [5, 5.41) is 10.8. The molecule has 1 N–H and O–H groups in total. The third kappa shape index (κ3) is 3.53. The zero-order valence-electron chi connectivity index (χ0n) is 11.8. The number of hydrogen-bond donors (Lipinski definition) is 1. The van der Waals surface area contributed by atoms with Crippen LogP contribution < -0.4 is 0 Å². The van der Waals surface area contributed by atoms with Crippen molar-refractivity contribution in [2.45, 2.75) is 52.1 Å². The minimum atomic E-state index is -0.889. The molecule has 0 radical (unpaired) electrons. The quantitative estimate of drug-likeness (QED) is 0.856. The van der Waals surface area contributed by atoms with Crippen LogP contribution in [0.2, 0.25) is 0 Å². The Bertz CT molecular complexity index is 470. The maximum absolute atomic E-state index is 13.7. The normalized spacial score (nSPS) is 30.3. The van der Waals surface area contributed by atoms with Crippen molar-refractivity contribution in [2.75, 3.05) is 0 Å². The van der Waals surface area contributed by atoms with Crippen molar-refractivity contribution in [2.24, 2.45) is 11.3 Å². The first-order valence-corrected chi connectivity index (χ1v) is 6.85. The molecule has 1 fully saturated rings. The zero-order valence-corrected chi connectivity index (χ0v) is 11.8. The molecule has 0 saturated heterocycles. The number of benzene rings is 1. The summed E-state index contributed by atoms with van der Waals surface area (Å²) >= 11 is 0. The SMILES string of the molecule is CC1CC(C)(C)CC(O)(Cc2ccc(F)cc2F)C1. The lowest BCUT2D eigenvalue weighted by molar-refractivity contribution is -0.0579. The van der Waals surface area contributed by atoms with Crippen LogP contribution in [0.15, 0.2) is 18.2 Å². The van der Waals surface area contributed by atoms with E-state index in [1.807, 2.05) is 0 Å². The molecule has 1 aromatic rings. The lowest BCUT2D eigenvalue weighted by Crippen LogP contribution is -2.43. The van der Waals surface area contributed by atoms with Crippen molar-refractivity contribution >= 4 is 0 Å². The van der Waals surface area contributed by atoms with Gasteiger partial charge in [-0.15, -0.1) is 0 Å². The summed E-state index contributed by atoms with van der Waals surface area (Å²) < 4.78 is 26.6. The van der Waals surface area contributed by atoms with Gasteiger partial charge in [0.05, 0.1) is 5.60 Å². The molecule has 2 unspecified atom stereocenters. The van der Waals surface area contributed by atoms with Crippen molar-refractivity contribution in [3.8, 4) is 0 Å². The van der Waals surface area contributed by atoms with Crippen molar-refractivity contribution in [1.29, 1.82) is 0 Å². The van der Waals surface area contributed by atoms with Gasteiger partial charge in [-0.3, -0.25) is 0 Å². The van der Waals surface area contributed by atoms with Gasteiger partial charge in [0.25, 0.3) is 0 Å². The minimum Gasteiger partial charge on any atom is -0.390 e. The highest BCUT2D eigenvalue weighted by molar-refractivity contribution is 5.21. The Balaban J connectivity index is 2.21. The zero-order chi connectivity index (χ0) is 14.3. The van der Waals surface area contributed by atoms with E-state index in [2.05, 4.69) is 20.8 Å². The maximum Gasteiger partial charge on any atom is 0.129 e. The van der Waals surface area contributed by atoms with E-state index in [1.54, 1.807) is 0 Å². The Kier molecular flexibility index (Phi) is 3.69. The second-order valence-corrected chi connectivity index (χ2v) is 6.99. The van der Waals surface area contributed by atoms with Crippen LogP contribution in [0.25, 0.3) is 0 Å². The fourth-order valence-corrected chi connectivity index (χ4v) is 3.85. The molecule has 2 rings (SSSR count). The highest BCUT2D eigenvalue weighted by Crippen LogP contribution is 2.45. The van der Waals surface area contributed by atoms with E-state index in [1.165, 1.54) is 12.1 Å². The number of hydrogen-bond acceptors (Lipinski definition) is 1. The first-order chi connectivity index (χ1) is 8.69. The first kappa shape index (κ1) is 14.4. The van der Waals surface area contributed by atoms with Crippen LogP contribution in [0.1, 0.15) is 45.6 Å². The van der Waals surface area contributed by atoms with E-state index < -0.39 is 17.2 Å². The Hall–Kier alpha value is -0.960. The summed E-state index contributed by atoms with van der Waals surface area (Å²) in [6.07, 6.45) is 2.66. The van der Waals surface area contributed by atoms with E-state index in [9.17, 15) is 13.9 Å². The van der Waals surface area contributed by atoms with Crippen molar-refractivity contribution in [3.63, 3.8) is 0 Å². The van der Waals surface area contributed by atoms with Gasteiger partial charge in [-0.2, -0.15) is 0 Å². The lowest BCUT2D eigenvalue weighted by atomic mass is 9.64. The van der Waals surface area contributed by atoms with E-state index in [4.69, 9.17) is 0 Å². The Morgan fingerprint density at radius 2 is 1.95 bits per heavy atom. The molecule has 106 valence electrons. The Morgan fingerprint density at radius 3 is 2.53 bits per heavy atom. The first-order valence-electron chi connectivity index (χ1n) is 6.85. The summed E-state index contributed by atoms with van der Waals surface area (Å²) in [5.74, 6) is -0.729. The van der Waals surface area contributed by atoms with Crippen molar-refractivity contribution < 1.29 is 13.9 Å². The van der Waals surface area contributed by atoms with Gasteiger partial charge >= 0.3 is 0 Å². The Labute approximate surface area is 113 Å². The summed E-state index contributed by atoms with van der Waals surface area (Å²) in [6, 6.07) is 3.57. The van der Waals surface area contributed by atoms with Crippen LogP contribution in [-0.2, 0) is 6.42 Å². The standard InChI is InChI=1S/C16H22F2O/c1-11-7-15(2,3)10-16(19,8-11)9-12-4-5-13(17)6-14(12)18/h4-6,11,19H,7-10H2,1-3H3. The largest absolute Gasteiger partial charge is 0.390 e. The molecule has 2 atom stereocenters. The molecule has 0 amide bonds.